The summed E-state index contributed by atoms with van der Waals surface area (Å²) in [6.45, 7) is 3.82. The molecule has 9 heteroatoms. The largest absolute Gasteiger partial charge is 0.478 e. The number of thiocarbonyl (C=S) groups is 1. The van der Waals surface area contributed by atoms with Crippen molar-refractivity contribution in [3.05, 3.63) is 75.1 Å². The second-order valence-electron chi connectivity index (χ2n) is 6.62. The van der Waals surface area contributed by atoms with E-state index in [0.717, 1.165) is 11.4 Å². The number of benzene rings is 1. The molecule has 3 aromatic rings. The van der Waals surface area contributed by atoms with Gasteiger partial charge >= 0.3 is 5.97 Å². The number of thioether (sulfide) groups is 1. The van der Waals surface area contributed by atoms with Gasteiger partial charge < -0.3 is 9.52 Å². The molecule has 1 fully saturated rings. The summed E-state index contributed by atoms with van der Waals surface area (Å²) in [6.07, 6.45) is 1.63. The summed E-state index contributed by atoms with van der Waals surface area (Å²) >= 11 is 12.5. The molecule has 0 aliphatic carbocycles. The number of aryl methyl sites for hydroxylation is 2. The van der Waals surface area contributed by atoms with Crippen LogP contribution < -0.4 is 5.01 Å². The van der Waals surface area contributed by atoms with E-state index in [4.69, 9.17) is 28.2 Å². The molecule has 0 atom stereocenters. The summed E-state index contributed by atoms with van der Waals surface area (Å²) in [7, 11) is 0. The number of carbonyl (C=O) groups is 2. The van der Waals surface area contributed by atoms with Crippen LogP contribution in [0.1, 0.15) is 27.5 Å². The maximum absolute atomic E-state index is 13.0. The van der Waals surface area contributed by atoms with E-state index in [1.165, 1.54) is 28.9 Å². The van der Waals surface area contributed by atoms with E-state index in [2.05, 4.69) is 0 Å². The summed E-state index contributed by atoms with van der Waals surface area (Å²) in [5.41, 5.74) is 2.37. The number of furan rings is 1. The van der Waals surface area contributed by atoms with E-state index < -0.39 is 5.97 Å². The van der Waals surface area contributed by atoms with Crippen LogP contribution in [0, 0.1) is 13.8 Å². The van der Waals surface area contributed by atoms with Crippen molar-refractivity contribution < 1.29 is 19.1 Å². The third-order valence-electron chi connectivity index (χ3n) is 4.59. The van der Waals surface area contributed by atoms with Crippen LogP contribution in [0.15, 0.2) is 51.8 Å². The Hall–Kier alpha value is -2.81. The van der Waals surface area contributed by atoms with Crippen LogP contribution in [0.2, 0.25) is 5.02 Å². The number of nitrogens with zero attached hydrogens (tertiary/aromatic N) is 2. The summed E-state index contributed by atoms with van der Waals surface area (Å²) in [5.74, 6) is -0.427. The lowest BCUT2D eigenvalue weighted by Crippen LogP contribution is -2.39. The standard InChI is InChI=1S/C21H15ClN2O4S2/c1-11-3-4-12(2)23(11)24-19(25)18(30-21(24)29)10-14-6-8-17(28-14)13-5-7-16(22)15(9-13)20(26)27/h3-10H,1-2H3,(H,26,27)/b18-10+. The summed E-state index contributed by atoms with van der Waals surface area (Å²) in [5, 5.41) is 10.9. The van der Waals surface area contributed by atoms with Gasteiger partial charge in [-0.25, -0.2) is 4.79 Å². The zero-order valence-corrected chi connectivity index (χ0v) is 18.3. The molecule has 0 spiro atoms. The van der Waals surface area contributed by atoms with Gasteiger partial charge in [0.25, 0.3) is 5.91 Å². The predicted octanol–water partition coefficient (Wildman–Crippen LogP) is 5.25. The Kier molecular flexibility index (Phi) is 5.31. The lowest BCUT2D eigenvalue weighted by Gasteiger charge is -2.20. The van der Waals surface area contributed by atoms with Gasteiger partial charge in [-0.3, -0.25) is 9.47 Å². The molecule has 30 heavy (non-hydrogen) atoms. The van der Waals surface area contributed by atoms with Crippen LogP contribution in [0.4, 0.5) is 0 Å². The number of aromatic nitrogens is 1. The predicted molar refractivity (Wildman–Crippen MR) is 121 cm³/mol. The van der Waals surface area contributed by atoms with Gasteiger partial charge in [0.05, 0.1) is 15.5 Å². The maximum atomic E-state index is 13.0. The molecule has 4 rings (SSSR count). The van der Waals surface area contributed by atoms with E-state index in [1.807, 2.05) is 26.0 Å². The molecular formula is C21H15ClN2O4S2. The first-order valence-electron chi connectivity index (χ1n) is 8.82. The zero-order valence-electron chi connectivity index (χ0n) is 15.9. The average molecular weight is 459 g/mol. The van der Waals surface area contributed by atoms with Crippen LogP contribution in [0.25, 0.3) is 17.4 Å². The molecule has 1 saturated heterocycles. The molecule has 1 aliphatic rings. The van der Waals surface area contributed by atoms with Crippen molar-refractivity contribution in [3.8, 4) is 11.3 Å². The number of halogens is 1. The van der Waals surface area contributed by atoms with Crippen molar-refractivity contribution in [1.82, 2.24) is 4.68 Å². The highest BCUT2D eigenvalue weighted by molar-refractivity contribution is 8.27. The topological polar surface area (TPSA) is 75.7 Å². The first-order valence-corrected chi connectivity index (χ1v) is 10.4. The molecule has 0 bridgehead atoms. The first-order chi connectivity index (χ1) is 14.3. The Labute approximate surface area is 186 Å². The summed E-state index contributed by atoms with van der Waals surface area (Å²) < 4.78 is 8.04. The van der Waals surface area contributed by atoms with Crippen molar-refractivity contribution in [3.63, 3.8) is 0 Å². The molecular weight excluding hydrogens is 444 g/mol. The minimum absolute atomic E-state index is 0.00884. The Morgan fingerprint density at radius 1 is 1.17 bits per heavy atom. The molecule has 1 aromatic carbocycles. The second-order valence-corrected chi connectivity index (χ2v) is 8.71. The number of carbonyl (C=O) groups excluding carboxylic acids is 1. The third kappa shape index (κ3) is 3.58. The molecule has 0 saturated carbocycles. The number of hydrogen-bond donors (Lipinski definition) is 1. The average Bonchev–Trinajstić information content (AvgIpc) is 3.36. The molecule has 3 heterocycles. The summed E-state index contributed by atoms with van der Waals surface area (Å²) in [6, 6.07) is 11.9. The van der Waals surface area contributed by atoms with Gasteiger partial charge in [0.2, 0.25) is 0 Å². The van der Waals surface area contributed by atoms with E-state index >= 15 is 0 Å². The Morgan fingerprint density at radius 3 is 2.53 bits per heavy atom. The van der Waals surface area contributed by atoms with Gasteiger partial charge in [-0.1, -0.05) is 23.4 Å². The van der Waals surface area contributed by atoms with E-state index in [-0.39, 0.29) is 16.5 Å². The van der Waals surface area contributed by atoms with Gasteiger partial charge in [-0.2, -0.15) is 5.01 Å². The SMILES string of the molecule is Cc1ccc(C)n1N1C(=O)/C(=C\c2ccc(-c3ccc(Cl)c(C(=O)O)c3)o2)SC1=S. The Bertz CT molecular complexity index is 1220. The Balaban J connectivity index is 1.64. The molecule has 1 aliphatic heterocycles. The van der Waals surface area contributed by atoms with Gasteiger partial charge in [0.15, 0.2) is 4.32 Å². The smallest absolute Gasteiger partial charge is 0.337 e. The van der Waals surface area contributed by atoms with E-state index in [9.17, 15) is 14.7 Å². The fourth-order valence-electron chi connectivity index (χ4n) is 3.17. The number of hydrogen-bond acceptors (Lipinski definition) is 5. The van der Waals surface area contributed by atoms with E-state index in [0.29, 0.717) is 26.3 Å². The second kappa shape index (κ2) is 7.79. The molecule has 0 unspecified atom stereocenters. The highest BCUT2D eigenvalue weighted by Crippen LogP contribution is 2.34. The third-order valence-corrected chi connectivity index (χ3v) is 6.20. The van der Waals surface area contributed by atoms with Crippen LogP contribution in [-0.2, 0) is 4.79 Å². The summed E-state index contributed by atoms with van der Waals surface area (Å²) in [4.78, 5) is 24.7. The van der Waals surface area contributed by atoms with Gasteiger partial charge in [-0.05, 0) is 68.5 Å². The van der Waals surface area contributed by atoms with Crippen LogP contribution >= 0.6 is 35.6 Å². The number of amides is 1. The van der Waals surface area contributed by atoms with Crippen molar-refractivity contribution in [1.29, 1.82) is 0 Å². The minimum atomic E-state index is -1.12. The highest BCUT2D eigenvalue weighted by atomic mass is 35.5. The van der Waals surface area contributed by atoms with Crippen molar-refractivity contribution in [2.75, 3.05) is 5.01 Å². The fourth-order valence-corrected chi connectivity index (χ4v) is 4.59. The maximum Gasteiger partial charge on any atom is 0.337 e. The monoisotopic (exact) mass is 458 g/mol. The van der Waals surface area contributed by atoms with Crippen molar-refractivity contribution >= 4 is 57.9 Å². The van der Waals surface area contributed by atoms with Crippen LogP contribution in [-0.4, -0.2) is 26.0 Å². The number of aromatic carboxylic acids is 1. The normalized spacial score (nSPS) is 15.4. The molecule has 1 amide bonds. The van der Waals surface area contributed by atoms with Gasteiger partial charge in [0.1, 0.15) is 11.5 Å². The lowest BCUT2D eigenvalue weighted by molar-refractivity contribution is -0.114. The zero-order chi connectivity index (χ0) is 21.6. The van der Waals surface area contributed by atoms with Crippen molar-refractivity contribution in [2.24, 2.45) is 0 Å². The van der Waals surface area contributed by atoms with Crippen molar-refractivity contribution in [2.45, 2.75) is 13.8 Å². The number of rotatable bonds is 4. The number of carboxylic acids is 1. The quantitative estimate of drug-likeness (QED) is 0.425. The van der Waals surface area contributed by atoms with Gasteiger partial charge in [-0.15, -0.1) is 0 Å². The number of carboxylic acid groups (broad SMARTS) is 1. The fraction of sp³-hybridized carbons (Fsp3) is 0.0952. The minimum Gasteiger partial charge on any atom is -0.478 e. The lowest BCUT2D eigenvalue weighted by atomic mass is 10.1. The van der Waals surface area contributed by atoms with Gasteiger partial charge in [0, 0.05) is 23.0 Å². The highest BCUT2D eigenvalue weighted by Gasteiger charge is 2.35. The molecule has 6 nitrogen and oxygen atoms in total. The Morgan fingerprint density at radius 2 is 1.87 bits per heavy atom. The van der Waals surface area contributed by atoms with Crippen LogP contribution in [0.5, 0.6) is 0 Å². The van der Waals surface area contributed by atoms with E-state index in [1.54, 1.807) is 29.0 Å². The molecule has 152 valence electrons. The molecule has 2 aromatic heterocycles. The molecule has 0 radical (unpaired) electrons. The first kappa shape index (κ1) is 20.5. The molecule has 1 N–H and O–H groups in total. The van der Waals surface area contributed by atoms with Crippen LogP contribution in [0.3, 0.4) is 0 Å².